The van der Waals surface area contributed by atoms with Crippen LogP contribution < -0.4 is 15.2 Å². The van der Waals surface area contributed by atoms with Crippen LogP contribution in [0.15, 0.2) is 48.5 Å². The Balaban J connectivity index is 1.82. The molecule has 1 aliphatic carbocycles. The van der Waals surface area contributed by atoms with E-state index in [0.717, 1.165) is 23.5 Å². The van der Waals surface area contributed by atoms with Gasteiger partial charge in [0.25, 0.3) is 0 Å². The third-order valence-corrected chi connectivity index (χ3v) is 4.32. The SMILES string of the molecule is COc1ccc(OC)c(C(N)C2CC2c2ccccc2)c1. The molecule has 2 aromatic carbocycles. The van der Waals surface area contributed by atoms with Crippen molar-refractivity contribution in [1.82, 2.24) is 0 Å². The van der Waals surface area contributed by atoms with Gasteiger partial charge in [-0.25, -0.2) is 0 Å². The summed E-state index contributed by atoms with van der Waals surface area (Å²) in [5.74, 6) is 2.67. The zero-order valence-corrected chi connectivity index (χ0v) is 12.5. The lowest BCUT2D eigenvalue weighted by Gasteiger charge is -2.17. The van der Waals surface area contributed by atoms with E-state index in [-0.39, 0.29) is 6.04 Å². The number of nitrogens with two attached hydrogens (primary N) is 1. The first kappa shape index (κ1) is 14.0. The molecule has 2 aromatic rings. The molecule has 0 heterocycles. The Morgan fingerprint density at radius 1 is 1.05 bits per heavy atom. The smallest absolute Gasteiger partial charge is 0.123 e. The van der Waals surface area contributed by atoms with E-state index < -0.39 is 0 Å². The number of methoxy groups -OCH3 is 2. The van der Waals surface area contributed by atoms with Gasteiger partial charge in [0.2, 0.25) is 0 Å². The predicted molar refractivity (Wildman–Crippen MR) is 83.8 cm³/mol. The van der Waals surface area contributed by atoms with Crippen LogP contribution >= 0.6 is 0 Å². The van der Waals surface area contributed by atoms with Crippen molar-refractivity contribution >= 4 is 0 Å². The van der Waals surface area contributed by atoms with Gasteiger partial charge in [0.15, 0.2) is 0 Å². The van der Waals surface area contributed by atoms with Gasteiger partial charge in [-0.2, -0.15) is 0 Å². The molecule has 0 radical (unpaired) electrons. The maximum absolute atomic E-state index is 6.49. The summed E-state index contributed by atoms with van der Waals surface area (Å²) in [6, 6.07) is 16.4. The summed E-state index contributed by atoms with van der Waals surface area (Å²) in [6.45, 7) is 0. The van der Waals surface area contributed by atoms with E-state index in [1.807, 2.05) is 24.3 Å². The van der Waals surface area contributed by atoms with Gasteiger partial charge in [0.1, 0.15) is 11.5 Å². The van der Waals surface area contributed by atoms with Gasteiger partial charge < -0.3 is 15.2 Å². The number of rotatable bonds is 5. The Labute approximate surface area is 125 Å². The lowest BCUT2D eigenvalue weighted by Crippen LogP contribution is -2.14. The summed E-state index contributed by atoms with van der Waals surface area (Å²) < 4.78 is 10.8. The Morgan fingerprint density at radius 3 is 2.48 bits per heavy atom. The van der Waals surface area contributed by atoms with Gasteiger partial charge in [0, 0.05) is 11.6 Å². The van der Waals surface area contributed by atoms with E-state index in [0.29, 0.717) is 11.8 Å². The Bertz CT molecular complexity index is 612. The van der Waals surface area contributed by atoms with E-state index in [2.05, 4.69) is 24.3 Å². The molecule has 3 heteroatoms. The molecule has 3 atom stereocenters. The van der Waals surface area contributed by atoms with E-state index >= 15 is 0 Å². The lowest BCUT2D eigenvalue weighted by molar-refractivity contribution is 0.392. The van der Waals surface area contributed by atoms with Crippen LogP contribution in [-0.4, -0.2) is 14.2 Å². The van der Waals surface area contributed by atoms with Crippen LogP contribution in [0.3, 0.4) is 0 Å². The minimum Gasteiger partial charge on any atom is -0.497 e. The van der Waals surface area contributed by atoms with Crippen molar-refractivity contribution < 1.29 is 9.47 Å². The topological polar surface area (TPSA) is 44.5 Å². The summed E-state index contributed by atoms with van der Waals surface area (Å²) in [7, 11) is 3.35. The zero-order valence-electron chi connectivity index (χ0n) is 12.5. The highest BCUT2D eigenvalue weighted by atomic mass is 16.5. The molecular weight excluding hydrogens is 262 g/mol. The fraction of sp³-hybridized carbons (Fsp3) is 0.333. The molecule has 0 aliphatic heterocycles. The molecule has 0 aromatic heterocycles. The minimum atomic E-state index is -0.0275. The highest BCUT2D eigenvalue weighted by Crippen LogP contribution is 2.54. The summed E-state index contributed by atoms with van der Waals surface area (Å²) in [6.07, 6.45) is 1.13. The van der Waals surface area contributed by atoms with Crippen LogP contribution in [0.2, 0.25) is 0 Å². The Kier molecular flexibility index (Phi) is 3.84. The fourth-order valence-corrected chi connectivity index (χ4v) is 3.03. The van der Waals surface area contributed by atoms with Crippen LogP contribution in [0, 0.1) is 5.92 Å². The van der Waals surface area contributed by atoms with E-state index in [9.17, 15) is 0 Å². The molecular formula is C18H21NO2. The largest absolute Gasteiger partial charge is 0.497 e. The molecule has 2 N–H and O–H groups in total. The molecule has 3 nitrogen and oxygen atoms in total. The number of hydrogen-bond donors (Lipinski definition) is 1. The van der Waals surface area contributed by atoms with Gasteiger partial charge in [-0.3, -0.25) is 0 Å². The predicted octanol–water partition coefficient (Wildman–Crippen LogP) is 3.51. The van der Waals surface area contributed by atoms with Crippen molar-refractivity contribution in [2.75, 3.05) is 14.2 Å². The quantitative estimate of drug-likeness (QED) is 0.913. The first-order valence-corrected chi connectivity index (χ1v) is 7.27. The molecule has 1 saturated carbocycles. The number of ether oxygens (including phenoxy) is 2. The second kappa shape index (κ2) is 5.78. The van der Waals surface area contributed by atoms with Gasteiger partial charge in [-0.15, -0.1) is 0 Å². The van der Waals surface area contributed by atoms with Gasteiger partial charge in [-0.05, 0) is 42.0 Å². The van der Waals surface area contributed by atoms with Crippen molar-refractivity contribution in [3.63, 3.8) is 0 Å². The molecule has 21 heavy (non-hydrogen) atoms. The second-order valence-electron chi connectivity index (χ2n) is 5.55. The standard InChI is InChI=1S/C18H21NO2/c1-20-13-8-9-17(21-2)16(10-13)18(19)15-11-14(15)12-6-4-3-5-7-12/h3-10,14-15,18H,11,19H2,1-2H3. The monoisotopic (exact) mass is 283 g/mol. The number of benzene rings is 2. The van der Waals surface area contributed by atoms with Crippen LogP contribution in [0.1, 0.15) is 29.5 Å². The van der Waals surface area contributed by atoms with Crippen molar-refractivity contribution in [2.24, 2.45) is 11.7 Å². The zero-order chi connectivity index (χ0) is 14.8. The summed E-state index contributed by atoms with van der Waals surface area (Å²) in [5.41, 5.74) is 8.90. The third kappa shape index (κ3) is 2.74. The van der Waals surface area contributed by atoms with Crippen molar-refractivity contribution in [3.05, 3.63) is 59.7 Å². The lowest BCUT2D eigenvalue weighted by atomic mass is 9.98. The normalized spacial score (nSPS) is 21.7. The van der Waals surface area contributed by atoms with Crippen molar-refractivity contribution in [3.8, 4) is 11.5 Å². The molecule has 0 bridgehead atoms. The molecule has 0 spiro atoms. The second-order valence-corrected chi connectivity index (χ2v) is 5.55. The van der Waals surface area contributed by atoms with Gasteiger partial charge in [-0.1, -0.05) is 30.3 Å². The average molecular weight is 283 g/mol. The Morgan fingerprint density at radius 2 is 1.81 bits per heavy atom. The minimum absolute atomic E-state index is 0.0275. The molecule has 0 amide bonds. The van der Waals surface area contributed by atoms with Gasteiger partial charge in [0.05, 0.1) is 14.2 Å². The summed E-state index contributed by atoms with van der Waals surface area (Å²) in [4.78, 5) is 0. The maximum Gasteiger partial charge on any atom is 0.123 e. The molecule has 0 saturated heterocycles. The van der Waals surface area contributed by atoms with E-state index in [1.165, 1.54) is 5.56 Å². The Hall–Kier alpha value is -2.00. The highest BCUT2D eigenvalue weighted by Gasteiger charge is 2.43. The van der Waals surface area contributed by atoms with Gasteiger partial charge >= 0.3 is 0 Å². The van der Waals surface area contributed by atoms with Crippen LogP contribution in [0.5, 0.6) is 11.5 Å². The number of hydrogen-bond acceptors (Lipinski definition) is 3. The highest BCUT2D eigenvalue weighted by molar-refractivity contribution is 5.44. The van der Waals surface area contributed by atoms with E-state index in [1.54, 1.807) is 14.2 Å². The van der Waals surface area contributed by atoms with Crippen LogP contribution in [0.4, 0.5) is 0 Å². The van der Waals surface area contributed by atoms with Crippen molar-refractivity contribution in [1.29, 1.82) is 0 Å². The molecule has 1 fully saturated rings. The molecule has 110 valence electrons. The molecule has 1 aliphatic rings. The fourth-order valence-electron chi connectivity index (χ4n) is 3.03. The maximum atomic E-state index is 6.49. The van der Waals surface area contributed by atoms with Crippen LogP contribution in [0.25, 0.3) is 0 Å². The molecule has 3 rings (SSSR count). The first-order chi connectivity index (χ1) is 10.2. The summed E-state index contributed by atoms with van der Waals surface area (Å²) in [5, 5.41) is 0. The van der Waals surface area contributed by atoms with Crippen molar-refractivity contribution in [2.45, 2.75) is 18.4 Å². The summed E-state index contributed by atoms with van der Waals surface area (Å²) >= 11 is 0. The molecule has 3 unspecified atom stereocenters. The average Bonchev–Trinajstić information content (AvgIpc) is 3.35. The third-order valence-electron chi connectivity index (χ3n) is 4.32. The van der Waals surface area contributed by atoms with Crippen LogP contribution in [-0.2, 0) is 0 Å². The van der Waals surface area contributed by atoms with E-state index in [4.69, 9.17) is 15.2 Å². The first-order valence-electron chi connectivity index (χ1n) is 7.27.